The van der Waals surface area contributed by atoms with Crippen LogP contribution in [-0.4, -0.2) is 291 Å². The molecule has 6 atom stereocenters. The fourth-order valence-corrected chi connectivity index (χ4v) is 18.7. The minimum Gasteiger partial charge on any atom is -0.481 e. The van der Waals surface area contributed by atoms with Crippen molar-refractivity contribution >= 4 is 80.2 Å². The number of ether oxygens (including phenoxy) is 3. The fourth-order valence-electron chi connectivity index (χ4n) is 18.7. The Morgan fingerprint density at radius 3 is 1.54 bits per heavy atom. The van der Waals surface area contributed by atoms with Crippen molar-refractivity contribution in [2.75, 3.05) is 190 Å². The van der Waals surface area contributed by atoms with E-state index in [4.69, 9.17) is 58.9 Å². The quantitative estimate of drug-likeness (QED) is 0.0232. The van der Waals surface area contributed by atoms with Gasteiger partial charge < -0.3 is 87.5 Å². The van der Waals surface area contributed by atoms with Crippen molar-refractivity contribution in [3.8, 4) is 23.9 Å². The fraction of sp³-hybridized carbons (Fsp3) is 0.479. The molecule has 9 aliphatic heterocycles. The lowest BCUT2D eigenvalue weighted by molar-refractivity contribution is -0.137. The highest BCUT2D eigenvalue weighted by molar-refractivity contribution is 6.00. The van der Waals surface area contributed by atoms with Crippen LogP contribution >= 0.6 is 0 Å². The number of hydrogen-bond acceptors (Lipinski definition) is 21. The second kappa shape index (κ2) is 41.4. The number of anilines is 5. The molecule has 0 saturated carbocycles. The second-order valence-electron chi connectivity index (χ2n) is 33.2. The molecule has 2 unspecified atom stereocenters. The monoisotopic (exact) mass is 1700 g/mol. The molecule has 1 N–H and O–H groups in total. The van der Waals surface area contributed by atoms with Gasteiger partial charge in [0.1, 0.15) is 55.4 Å². The molecule has 0 bridgehead atoms. The van der Waals surface area contributed by atoms with Crippen LogP contribution in [0.15, 0.2) is 145 Å². The summed E-state index contributed by atoms with van der Waals surface area (Å²) in [4.78, 5) is 101. The van der Waals surface area contributed by atoms with Crippen molar-refractivity contribution in [2.45, 2.75) is 127 Å². The standard InChI is InChI=1S/2C33H39N7O2.C28H33F3N8O2/c1-4-31(41)40-19-18-39(21-26(40)20-34-2)32-28-15-17-38(30-14-9-11-24-10-5-6-13-27(24)30)22-29(28)35-33(36-32)42-23-25-12-7-8-16-37(25)3;1-4-9-32(41)40-19-18-39(21-27(40)20-35-2)33(34)29-15-17-38(31-14-7-11-25-10-5-6-13-28(25)31)22-30(29)36-24-42-23-26-12-8-16-37(26)3;1-4-25(40)39-13-12-38(16-20(39)14-32-2)26-21-8-11-37(24-7-9-33-15-22(24)28(29,30)31)17-23(21)34-27(35-26)41-18-19-6-5-10-36(19)3/h4-6,9-11,13-14,25-26H,1,7-8,12,15-23H2,3H3;5-7,10-11,13-14,24,26-27,34H,8,12,15-23H2,1,3H3;4,7,9,15,19-20H,1,5-6,8,10-14,16-18H2,3H3/t25-,26-;26-,27?;19-,20?/m000/s1. The van der Waals surface area contributed by atoms with E-state index in [1.54, 1.807) is 32.9 Å². The number of fused-ring (bicyclic) bond motifs is 4. The smallest absolute Gasteiger partial charge is 0.419 e. The van der Waals surface area contributed by atoms with Crippen molar-refractivity contribution in [2.24, 2.45) is 4.99 Å². The number of carbonyl (C=O) groups is 3. The zero-order valence-corrected chi connectivity index (χ0v) is 71.9. The number of likely N-dealkylation sites (N-methyl/N-ethyl adjacent to an activating group) is 3. The molecule has 28 nitrogen and oxygen atoms in total. The van der Waals surface area contributed by atoms with Crippen LogP contribution in [0.1, 0.15) is 86.4 Å². The molecule has 3 aromatic heterocycles. The van der Waals surface area contributed by atoms with Gasteiger partial charge in [0.25, 0.3) is 5.91 Å². The number of benzene rings is 4. The highest BCUT2D eigenvalue weighted by Gasteiger charge is 2.42. The van der Waals surface area contributed by atoms with Crippen LogP contribution in [0, 0.1) is 37.0 Å². The molecule has 654 valence electrons. The first-order valence-corrected chi connectivity index (χ1v) is 43.4. The number of rotatable bonds is 21. The number of hydrogen-bond donors (Lipinski definition) is 1. The highest BCUT2D eigenvalue weighted by Crippen LogP contribution is 2.41. The Labute approximate surface area is 730 Å². The van der Waals surface area contributed by atoms with Crippen LogP contribution in [0.25, 0.3) is 36.1 Å². The predicted molar refractivity (Wildman–Crippen MR) is 480 cm³/mol. The molecular formula is C94H111F3N22O6. The Morgan fingerprint density at radius 1 is 0.544 bits per heavy atom. The average Bonchev–Trinajstić information content (AvgIpc) is 0.903. The van der Waals surface area contributed by atoms with Gasteiger partial charge in [0, 0.05) is 148 Å². The lowest BCUT2D eigenvalue weighted by Gasteiger charge is -2.41. The third-order valence-electron chi connectivity index (χ3n) is 25.6. The Kier molecular flexibility index (Phi) is 29.4. The number of likely N-dealkylation sites (tertiary alicyclic amines) is 3. The van der Waals surface area contributed by atoms with Crippen molar-refractivity contribution in [3.05, 3.63) is 202 Å². The molecule has 7 aromatic rings. The van der Waals surface area contributed by atoms with Crippen molar-refractivity contribution < 1.29 is 41.8 Å². The zero-order valence-electron chi connectivity index (χ0n) is 71.9. The van der Waals surface area contributed by atoms with Gasteiger partial charge >= 0.3 is 18.2 Å². The van der Waals surface area contributed by atoms with Gasteiger partial charge in [-0.3, -0.25) is 24.8 Å². The third-order valence-corrected chi connectivity index (χ3v) is 25.6. The van der Waals surface area contributed by atoms with Crippen molar-refractivity contribution in [1.82, 2.24) is 59.2 Å². The van der Waals surface area contributed by atoms with E-state index in [-0.39, 0.29) is 79.8 Å². The van der Waals surface area contributed by atoms with E-state index in [0.29, 0.717) is 147 Å². The summed E-state index contributed by atoms with van der Waals surface area (Å²) in [5.41, 5.74) is 6.91. The third kappa shape index (κ3) is 21.0. The first-order chi connectivity index (χ1) is 60.7. The molecule has 3 amide bonds. The maximum atomic E-state index is 13.8. The van der Waals surface area contributed by atoms with E-state index in [1.807, 2.05) is 16.8 Å². The van der Waals surface area contributed by atoms with Crippen LogP contribution in [0.3, 0.4) is 0 Å². The van der Waals surface area contributed by atoms with Gasteiger partial charge in [0.05, 0.1) is 48.0 Å². The molecule has 4 aromatic carbocycles. The van der Waals surface area contributed by atoms with Gasteiger partial charge in [-0.15, -0.1) is 0 Å². The Balaban J connectivity index is 0.000000152. The topological polar surface area (TPSA) is 232 Å². The Morgan fingerprint density at radius 2 is 1.02 bits per heavy atom. The van der Waals surface area contributed by atoms with E-state index < -0.39 is 11.7 Å². The van der Waals surface area contributed by atoms with Gasteiger partial charge in [-0.1, -0.05) is 98.3 Å². The van der Waals surface area contributed by atoms with Gasteiger partial charge in [-0.25, -0.2) is 24.7 Å². The predicted octanol–water partition coefficient (Wildman–Crippen LogP) is 11.1. The molecule has 6 fully saturated rings. The molecule has 0 aliphatic carbocycles. The SMILES string of the molecule is [C-]#[N+]CC1CN(C(=N)C2=C(N=COC[C@@H]3CCCN3C)CN(c3cccc4ccccc34)CC2)CCN1C(=O)C#CC.[C-]#[N+]CC1CN(c2nc(OC[C@@H]3CCCN3C)nc3c2CCN(c2ccncc2C(F)(F)F)C3)CCN1C(=O)C=C.[C-]#[N+]C[C@H]1CN(c2nc(OC[C@@H]3CCCCN3C)nc3c2CCN(c2cccc4ccccc24)C3)CCN1C(=O)C=C. The van der Waals surface area contributed by atoms with Crippen LogP contribution in [-0.2, 0) is 51.2 Å². The first kappa shape index (κ1) is 88.9. The minimum atomic E-state index is -4.54. The van der Waals surface area contributed by atoms with Crippen molar-refractivity contribution in [1.29, 1.82) is 5.41 Å². The van der Waals surface area contributed by atoms with Crippen LogP contribution in [0.4, 0.5) is 41.9 Å². The molecule has 9 aliphatic rings. The largest absolute Gasteiger partial charge is 0.481 e. The maximum Gasteiger partial charge on any atom is 0.419 e. The zero-order chi connectivity index (χ0) is 87.7. The summed E-state index contributed by atoms with van der Waals surface area (Å²) in [5, 5.41) is 14.1. The van der Waals surface area contributed by atoms with Crippen LogP contribution in [0.2, 0.25) is 0 Å². The summed E-state index contributed by atoms with van der Waals surface area (Å²) in [6.07, 6.45) is 11.7. The normalized spacial score (nSPS) is 21.3. The summed E-state index contributed by atoms with van der Waals surface area (Å²) in [6, 6.07) is 31.8. The molecule has 31 heteroatoms. The van der Waals surface area contributed by atoms with Gasteiger partial charge in [-0.05, 0) is 153 Å². The molecule has 0 radical (unpaired) electrons. The van der Waals surface area contributed by atoms with Gasteiger partial charge in [0.15, 0.2) is 6.40 Å². The summed E-state index contributed by atoms with van der Waals surface area (Å²) in [7, 11) is 6.34. The number of amides is 3. The highest BCUT2D eigenvalue weighted by atomic mass is 19.4. The number of halogens is 3. The number of alkyl halides is 3. The molecular weight excluding hydrogens is 1590 g/mol. The minimum absolute atomic E-state index is 0.0574. The number of aromatic nitrogens is 5. The second-order valence-corrected chi connectivity index (χ2v) is 33.2. The van der Waals surface area contributed by atoms with E-state index >= 15 is 0 Å². The first-order valence-electron chi connectivity index (χ1n) is 43.4. The van der Waals surface area contributed by atoms with E-state index in [1.165, 1.54) is 70.9 Å². The number of amidine groups is 1. The maximum absolute atomic E-state index is 13.8. The van der Waals surface area contributed by atoms with E-state index in [0.717, 1.165) is 111 Å². The number of aliphatic imine (C=N–C) groups is 1. The Bertz CT molecular complexity index is 5330. The molecule has 125 heavy (non-hydrogen) atoms. The van der Waals surface area contributed by atoms with Crippen LogP contribution in [0.5, 0.6) is 12.0 Å². The number of piperazine rings is 3. The number of nitrogens with zero attached hydrogens (tertiary/aromatic N) is 21. The lowest BCUT2D eigenvalue weighted by atomic mass is 10.00. The average molecular weight is 1700 g/mol. The molecule has 12 heterocycles. The summed E-state index contributed by atoms with van der Waals surface area (Å²) >= 11 is 0. The molecule has 6 saturated heterocycles. The number of pyridine rings is 1. The summed E-state index contributed by atoms with van der Waals surface area (Å²) in [6.45, 7) is 44.2. The van der Waals surface area contributed by atoms with E-state index in [2.05, 4.69) is 173 Å². The van der Waals surface area contributed by atoms with Gasteiger partial charge in [0.2, 0.25) is 31.4 Å². The molecule has 16 rings (SSSR count). The number of carbonyl (C=O) groups excluding carboxylic acids is 3. The van der Waals surface area contributed by atoms with E-state index in [9.17, 15) is 33.0 Å². The summed E-state index contributed by atoms with van der Waals surface area (Å²) in [5.74, 6) is 6.63. The lowest BCUT2D eigenvalue weighted by Crippen LogP contribution is -2.57. The van der Waals surface area contributed by atoms with Crippen LogP contribution < -0.4 is 34.0 Å². The summed E-state index contributed by atoms with van der Waals surface area (Å²) < 4.78 is 59.7. The molecule has 0 spiro atoms. The number of nitrogens with one attached hydrogen (secondary N) is 1. The Hall–Kier alpha value is -12.4. The van der Waals surface area contributed by atoms with Crippen molar-refractivity contribution in [3.63, 3.8) is 0 Å². The van der Waals surface area contributed by atoms with Gasteiger partial charge in [-0.2, -0.15) is 33.1 Å². The number of piperidine rings is 1.